The van der Waals surface area contributed by atoms with Crippen LogP contribution in [-0.2, 0) is 9.47 Å². The molecule has 0 N–H and O–H groups in total. The number of ether oxygens (including phenoxy) is 4. The summed E-state index contributed by atoms with van der Waals surface area (Å²) in [6.45, 7) is 8.60. The van der Waals surface area contributed by atoms with Gasteiger partial charge in [0.2, 0.25) is 0 Å². The van der Waals surface area contributed by atoms with E-state index in [0.29, 0.717) is 31.6 Å². The summed E-state index contributed by atoms with van der Waals surface area (Å²) < 4.78 is 25.0. The normalized spacial score (nSPS) is 18.3. The molecule has 0 radical (unpaired) electrons. The molecule has 7 nitrogen and oxygen atoms in total. The molecular weight excluding hydrogens is 510 g/mol. The van der Waals surface area contributed by atoms with E-state index in [4.69, 9.17) is 28.9 Å². The molecule has 35 heavy (non-hydrogen) atoms. The van der Waals surface area contributed by atoms with Crippen molar-refractivity contribution in [3.63, 3.8) is 0 Å². The SMILES string of the molecule is Cc1cc2c(N3CCCOCC3)nc(OC3CCOCC3)nc2c(OC(C)c2ccccc2)c1Br. The van der Waals surface area contributed by atoms with Crippen molar-refractivity contribution in [3.05, 3.63) is 52.0 Å². The Hall–Kier alpha value is -2.42. The van der Waals surface area contributed by atoms with Gasteiger partial charge in [-0.15, -0.1) is 0 Å². The number of hydrogen-bond donors (Lipinski definition) is 0. The van der Waals surface area contributed by atoms with Gasteiger partial charge >= 0.3 is 6.01 Å². The fourth-order valence-electron chi connectivity index (χ4n) is 4.58. The number of rotatable bonds is 6. The van der Waals surface area contributed by atoms with Gasteiger partial charge < -0.3 is 23.8 Å². The first-order valence-corrected chi connectivity index (χ1v) is 13.2. The zero-order chi connectivity index (χ0) is 24.2. The van der Waals surface area contributed by atoms with Gasteiger partial charge in [-0.2, -0.15) is 9.97 Å². The third-order valence-corrected chi connectivity index (χ3v) is 7.54. The van der Waals surface area contributed by atoms with Gasteiger partial charge in [0.25, 0.3) is 0 Å². The number of hydrogen-bond acceptors (Lipinski definition) is 7. The van der Waals surface area contributed by atoms with Crippen LogP contribution < -0.4 is 14.4 Å². The summed E-state index contributed by atoms with van der Waals surface area (Å²) in [7, 11) is 0. The predicted molar refractivity (Wildman–Crippen MR) is 140 cm³/mol. The van der Waals surface area contributed by atoms with E-state index in [1.54, 1.807) is 0 Å². The highest BCUT2D eigenvalue weighted by Crippen LogP contribution is 2.41. The maximum atomic E-state index is 6.58. The van der Waals surface area contributed by atoms with E-state index >= 15 is 0 Å². The van der Waals surface area contributed by atoms with Crippen LogP contribution in [0.5, 0.6) is 11.8 Å². The van der Waals surface area contributed by atoms with Crippen LogP contribution in [0.1, 0.15) is 43.4 Å². The molecule has 186 valence electrons. The molecule has 1 unspecified atom stereocenters. The monoisotopic (exact) mass is 541 g/mol. The molecule has 0 bridgehead atoms. The van der Waals surface area contributed by atoms with Crippen LogP contribution >= 0.6 is 15.9 Å². The summed E-state index contributed by atoms with van der Waals surface area (Å²) in [5, 5.41) is 0.960. The Morgan fingerprint density at radius 2 is 1.80 bits per heavy atom. The minimum atomic E-state index is -0.151. The first kappa shape index (κ1) is 24.3. The standard InChI is InChI=1S/C27H32BrN3O4/c1-18-17-22-24(25(23(18)28)34-19(2)20-7-4-3-5-8-20)29-27(35-21-9-14-33-15-10-21)30-26(22)31-11-6-13-32-16-12-31/h3-5,7-8,17,19,21H,6,9-16H2,1-2H3. The summed E-state index contributed by atoms with van der Waals surface area (Å²) in [6.07, 6.45) is 2.51. The van der Waals surface area contributed by atoms with Gasteiger partial charge in [0.05, 0.1) is 24.3 Å². The van der Waals surface area contributed by atoms with E-state index in [1.807, 2.05) is 18.2 Å². The number of anilines is 1. The summed E-state index contributed by atoms with van der Waals surface area (Å²) in [4.78, 5) is 12.1. The third-order valence-electron chi connectivity index (χ3n) is 6.55. The molecule has 3 heterocycles. The van der Waals surface area contributed by atoms with Gasteiger partial charge in [0.1, 0.15) is 23.5 Å². The van der Waals surface area contributed by atoms with E-state index in [-0.39, 0.29) is 12.2 Å². The van der Waals surface area contributed by atoms with E-state index in [1.165, 1.54) is 0 Å². The zero-order valence-electron chi connectivity index (χ0n) is 20.3. The molecule has 1 aromatic heterocycles. The van der Waals surface area contributed by atoms with E-state index in [2.05, 4.69) is 52.9 Å². The van der Waals surface area contributed by atoms with Gasteiger partial charge in [-0.1, -0.05) is 30.3 Å². The van der Waals surface area contributed by atoms with Crippen LogP contribution in [0.3, 0.4) is 0 Å². The zero-order valence-corrected chi connectivity index (χ0v) is 21.9. The molecule has 0 aliphatic carbocycles. The van der Waals surface area contributed by atoms with Crippen molar-refractivity contribution in [3.8, 4) is 11.8 Å². The molecule has 2 aliphatic heterocycles. The molecule has 0 saturated carbocycles. The van der Waals surface area contributed by atoms with Crippen molar-refractivity contribution in [1.29, 1.82) is 0 Å². The summed E-state index contributed by atoms with van der Waals surface area (Å²) >= 11 is 3.78. The van der Waals surface area contributed by atoms with Crippen molar-refractivity contribution in [2.45, 2.75) is 45.3 Å². The highest BCUT2D eigenvalue weighted by Gasteiger charge is 2.25. The lowest BCUT2D eigenvalue weighted by Crippen LogP contribution is -2.29. The van der Waals surface area contributed by atoms with Gasteiger partial charge in [0, 0.05) is 37.9 Å². The summed E-state index contributed by atoms with van der Waals surface area (Å²) in [5.41, 5.74) is 2.93. The Bertz CT molecular complexity index is 1150. The number of benzene rings is 2. The van der Waals surface area contributed by atoms with Crippen molar-refractivity contribution in [2.75, 3.05) is 44.4 Å². The molecule has 0 spiro atoms. The fraction of sp³-hybridized carbons (Fsp3) is 0.481. The van der Waals surface area contributed by atoms with E-state index < -0.39 is 0 Å². The van der Waals surface area contributed by atoms with Crippen molar-refractivity contribution in [1.82, 2.24) is 9.97 Å². The Balaban J connectivity index is 1.61. The lowest BCUT2D eigenvalue weighted by Gasteiger charge is -2.26. The van der Waals surface area contributed by atoms with Gasteiger partial charge in [-0.05, 0) is 53.4 Å². The Kier molecular flexibility index (Phi) is 7.70. The highest BCUT2D eigenvalue weighted by atomic mass is 79.9. The number of nitrogens with zero attached hydrogens (tertiary/aromatic N) is 3. The second kappa shape index (κ2) is 11.1. The first-order chi connectivity index (χ1) is 17.1. The van der Waals surface area contributed by atoms with Crippen LogP contribution in [0, 0.1) is 6.92 Å². The number of aromatic nitrogens is 2. The molecule has 2 fully saturated rings. The minimum Gasteiger partial charge on any atom is -0.483 e. The molecule has 1 atom stereocenters. The highest BCUT2D eigenvalue weighted by molar-refractivity contribution is 9.10. The number of aryl methyl sites for hydroxylation is 1. The van der Waals surface area contributed by atoms with E-state index in [9.17, 15) is 0 Å². The Labute approximate surface area is 214 Å². The average molecular weight is 542 g/mol. The Morgan fingerprint density at radius 1 is 1.03 bits per heavy atom. The molecule has 5 rings (SSSR count). The molecule has 8 heteroatoms. The second-order valence-corrected chi connectivity index (χ2v) is 9.91. The summed E-state index contributed by atoms with van der Waals surface area (Å²) in [5.74, 6) is 1.58. The molecular formula is C27H32BrN3O4. The van der Waals surface area contributed by atoms with Gasteiger partial charge in [-0.3, -0.25) is 0 Å². The smallest absolute Gasteiger partial charge is 0.319 e. The lowest BCUT2D eigenvalue weighted by atomic mass is 10.1. The maximum absolute atomic E-state index is 6.58. The molecule has 2 aromatic carbocycles. The summed E-state index contributed by atoms with van der Waals surface area (Å²) in [6, 6.07) is 12.7. The second-order valence-electron chi connectivity index (χ2n) is 9.12. The largest absolute Gasteiger partial charge is 0.483 e. The van der Waals surface area contributed by atoms with Gasteiger partial charge in [0.15, 0.2) is 5.75 Å². The van der Waals surface area contributed by atoms with Crippen molar-refractivity contribution >= 4 is 32.7 Å². The number of halogens is 1. The third kappa shape index (κ3) is 5.55. The topological polar surface area (TPSA) is 65.9 Å². The first-order valence-electron chi connectivity index (χ1n) is 12.4. The van der Waals surface area contributed by atoms with Crippen LogP contribution in [0.25, 0.3) is 10.9 Å². The number of fused-ring (bicyclic) bond motifs is 1. The van der Waals surface area contributed by atoms with Crippen LogP contribution in [0.2, 0.25) is 0 Å². The average Bonchev–Trinajstić information content (AvgIpc) is 3.17. The molecule has 2 saturated heterocycles. The predicted octanol–water partition coefficient (Wildman–Crippen LogP) is 5.63. The molecule has 2 aliphatic rings. The lowest BCUT2D eigenvalue weighted by molar-refractivity contribution is 0.0219. The minimum absolute atomic E-state index is 0.0445. The van der Waals surface area contributed by atoms with Crippen LogP contribution in [0.15, 0.2) is 40.9 Å². The van der Waals surface area contributed by atoms with Crippen molar-refractivity contribution in [2.24, 2.45) is 0 Å². The van der Waals surface area contributed by atoms with Crippen LogP contribution in [0.4, 0.5) is 5.82 Å². The van der Waals surface area contributed by atoms with Crippen LogP contribution in [-0.4, -0.2) is 55.6 Å². The quantitative estimate of drug-likeness (QED) is 0.400. The maximum Gasteiger partial charge on any atom is 0.319 e. The van der Waals surface area contributed by atoms with Gasteiger partial charge in [-0.25, -0.2) is 0 Å². The van der Waals surface area contributed by atoms with E-state index in [0.717, 1.165) is 71.3 Å². The molecule has 0 amide bonds. The fourth-order valence-corrected chi connectivity index (χ4v) is 4.97. The Morgan fingerprint density at radius 3 is 2.60 bits per heavy atom. The van der Waals surface area contributed by atoms with Crippen molar-refractivity contribution < 1.29 is 18.9 Å². The molecule has 3 aromatic rings.